The summed E-state index contributed by atoms with van der Waals surface area (Å²) in [5.41, 5.74) is 5.62. The Hall–Kier alpha value is -1.48. The molecule has 2 N–H and O–H groups in total. The smallest absolute Gasteiger partial charge is 0.202 e. The van der Waals surface area contributed by atoms with Crippen molar-refractivity contribution in [3.8, 4) is 5.75 Å². The highest BCUT2D eigenvalue weighted by molar-refractivity contribution is 7.91. The standard InChI is InChI=1S/C18H26FNO5S/c1-18(6-8-23-9-7-18)13-24-14-26(21,22)17-4-2-16(3-5-17)25-12-15(10-19)11-20/h2-5,10H,6-9,11-14,20H2,1H3/b15-10+. The molecule has 0 saturated carbocycles. The fraction of sp³-hybridized carbons (Fsp3) is 0.556. The van der Waals surface area contributed by atoms with Gasteiger partial charge in [-0.15, -0.1) is 0 Å². The van der Waals surface area contributed by atoms with E-state index in [0.717, 1.165) is 12.8 Å². The Morgan fingerprint density at radius 3 is 2.54 bits per heavy atom. The fourth-order valence-electron chi connectivity index (χ4n) is 2.53. The number of nitrogens with two attached hydrogens (primary N) is 1. The van der Waals surface area contributed by atoms with Gasteiger partial charge < -0.3 is 19.9 Å². The number of hydrogen-bond acceptors (Lipinski definition) is 6. The van der Waals surface area contributed by atoms with Gasteiger partial charge in [0.25, 0.3) is 0 Å². The number of rotatable bonds is 9. The summed E-state index contributed by atoms with van der Waals surface area (Å²) in [4.78, 5) is 0.155. The van der Waals surface area contributed by atoms with Gasteiger partial charge in [0.2, 0.25) is 9.84 Å². The first-order chi connectivity index (χ1) is 12.4. The number of ether oxygens (including phenoxy) is 3. The number of benzene rings is 1. The van der Waals surface area contributed by atoms with Crippen LogP contribution in [0, 0.1) is 5.41 Å². The van der Waals surface area contributed by atoms with Crippen LogP contribution >= 0.6 is 0 Å². The molecule has 1 aromatic carbocycles. The van der Waals surface area contributed by atoms with E-state index in [2.05, 4.69) is 6.92 Å². The van der Waals surface area contributed by atoms with E-state index in [4.69, 9.17) is 19.9 Å². The van der Waals surface area contributed by atoms with Gasteiger partial charge in [-0.25, -0.2) is 12.8 Å². The quantitative estimate of drug-likeness (QED) is 0.700. The third-order valence-electron chi connectivity index (χ3n) is 4.41. The third-order valence-corrected chi connectivity index (χ3v) is 5.88. The highest BCUT2D eigenvalue weighted by Crippen LogP contribution is 2.30. The first-order valence-corrected chi connectivity index (χ1v) is 10.1. The molecule has 0 amide bonds. The maximum Gasteiger partial charge on any atom is 0.202 e. The molecule has 1 fully saturated rings. The second-order valence-corrected chi connectivity index (χ2v) is 8.67. The van der Waals surface area contributed by atoms with Gasteiger partial charge in [-0.2, -0.15) is 0 Å². The van der Waals surface area contributed by atoms with Gasteiger partial charge in [-0.3, -0.25) is 0 Å². The van der Waals surface area contributed by atoms with Crippen molar-refractivity contribution in [3.63, 3.8) is 0 Å². The van der Waals surface area contributed by atoms with Crippen molar-refractivity contribution in [1.29, 1.82) is 0 Å². The van der Waals surface area contributed by atoms with Crippen molar-refractivity contribution < 1.29 is 27.0 Å². The third kappa shape index (κ3) is 6.05. The summed E-state index contributed by atoms with van der Waals surface area (Å²) < 4.78 is 53.4. The summed E-state index contributed by atoms with van der Waals surface area (Å²) in [5, 5.41) is 0. The number of halogens is 1. The largest absolute Gasteiger partial charge is 0.489 e. The summed E-state index contributed by atoms with van der Waals surface area (Å²) in [5.74, 6) is 0.0679. The minimum atomic E-state index is -3.55. The van der Waals surface area contributed by atoms with Crippen molar-refractivity contribution in [2.45, 2.75) is 24.7 Å². The van der Waals surface area contributed by atoms with E-state index in [1.807, 2.05) is 0 Å². The monoisotopic (exact) mass is 387 g/mol. The van der Waals surface area contributed by atoms with Gasteiger partial charge in [0, 0.05) is 25.3 Å². The Bertz CT molecular complexity index is 697. The summed E-state index contributed by atoms with van der Waals surface area (Å²) in [6, 6.07) is 5.95. The highest BCUT2D eigenvalue weighted by Gasteiger charge is 2.28. The van der Waals surface area contributed by atoms with Crippen LogP contribution in [0.1, 0.15) is 19.8 Å². The van der Waals surface area contributed by atoms with Gasteiger partial charge in [0.1, 0.15) is 12.4 Å². The van der Waals surface area contributed by atoms with Crippen molar-refractivity contribution in [1.82, 2.24) is 0 Å². The molecule has 6 nitrogen and oxygen atoms in total. The SMILES string of the molecule is CC1(COCS(=O)(=O)c2ccc(OC/C(=C/F)CN)cc2)CCOCC1. The summed E-state index contributed by atoms with van der Waals surface area (Å²) >= 11 is 0. The Balaban J connectivity index is 1.88. The molecule has 0 unspecified atom stereocenters. The molecule has 0 atom stereocenters. The lowest BCUT2D eigenvalue weighted by atomic mass is 9.83. The van der Waals surface area contributed by atoms with E-state index < -0.39 is 9.84 Å². The topological polar surface area (TPSA) is 87.9 Å². The molecule has 2 rings (SSSR count). The average molecular weight is 387 g/mol. The van der Waals surface area contributed by atoms with Crippen LogP contribution in [0.5, 0.6) is 5.75 Å². The van der Waals surface area contributed by atoms with Crippen LogP contribution in [0.2, 0.25) is 0 Å². The molecule has 26 heavy (non-hydrogen) atoms. The summed E-state index contributed by atoms with van der Waals surface area (Å²) in [6.45, 7) is 3.90. The van der Waals surface area contributed by atoms with Crippen LogP contribution in [0.3, 0.4) is 0 Å². The van der Waals surface area contributed by atoms with Crippen molar-refractivity contribution >= 4 is 9.84 Å². The zero-order valence-corrected chi connectivity index (χ0v) is 15.8. The highest BCUT2D eigenvalue weighted by atomic mass is 32.2. The Morgan fingerprint density at radius 1 is 1.31 bits per heavy atom. The Labute approximate surface area is 154 Å². The molecule has 146 valence electrons. The van der Waals surface area contributed by atoms with Crippen molar-refractivity contribution in [2.75, 3.05) is 38.9 Å². The first kappa shape index (κ1) is 20.8. The molecule has 1 aliphatic rings. The minimum absolute atomic E-state index is 0.0184. The fourth-order valence-corrected chi connectivity index (χ4v) is 3.52. The van der Waals surface area contributed by atoms with Gasteiger partial charge in [0.05, 0.1) is 17.8 Å². The molecule has 8 heteroatoms. The lowest BCUT2D eigenvalue weighted by Crippen LogP contribution is -2.31. The molecule has 0 aromatic heterocycles. The van der Waals surface area contributed by atoms with E-state index in [-0.39, 0.29) is 29.4 Å². The Kier molecular flexibility index (Phi) is 7.57. The van der Waals surface area contributed by atoms with E-state index in [9.17, 15) is 12.8 Å². The van der Waals surface area contributed by atoms with Crippen LogP contribution in [-0.2, 0) is 19.3 Å². The van der Waals surface area contributed by atoms with Gasteiger partial charge in [0.15, 0.2) is 5.94 Å². The maximum absolute atomic E-state index is 12.4. The molecule has 0 radical (unpaired) electrons. The molecule has 0 spiro atoms. The van der Waals surface area contributed by atoms with Crippen molar-refractivity contribution in [3.05, 3.63) is 36.2 Å². The van der Waals surface area contributed by atoms with Crippen molar-refractivity contribution in [2.24, 2.45) is 11.1 Å². The molecule has 1 aromatic rings. The predicted molar refractivity (Wildman–Crippen MR) is 96.3 cm³/mol. The molecule has 1 heterocycles. The van der Waals surface area contributed by atoms with Gasteiger partial charge >= 0.3 is 0 Å². The number of hydrogen-bond donors (Lipinski definition) is 1. The Morgan fingerprint density at radius 2 is 1.96 bits per heavy atom. The van der Waals surface area contributed by atoms with Crippen LogP contribution in [0.4, 0.5) is 4.39 Å². The first-order valence-electron chi connectivity index (χ1n) is 8.48. The second kappa shape index (κ2) is 9.45. The van der Waals surface area contributed by atoms with Crippen LogP contribution in [0.15, 0.2) is 41.1 Å². The molecular weight excluding hydrogens is 361 g/mol. The lowest BCUT2D eigenvalue weighted by Gasteiger charge is -2.32. The molecular formula is C18H26FNO5S. The normalized spacial score (nSPS) is 17.9. The maximum atomic E-state index is 12.4. The van der Waals surface area contributed by atoms with E-state index in [0.29, 0.717) is 37.5 Å². The van der Waals surface area contributed by atoms with E-state index in [1.165, 1.54) is 24.3 Å². The zero-order valence-electron chi connectivity index (χ0n) is 14.9. The predicted octanol–water partition coefficient (Wildman–Crippen LogP) is 2.44. The lowest BCUT2D eigenvalue weighted by molar-refractivity contribution is -0.0210. The van der Waals surface area contributed by atoms with Gasteiger partial charge in [-0.1, -0.05) is 6.92 Å². The minimum Gasteiger partial charge on any atom is -0.489 e. The van der Waals surface area contributed by atoms with E-state index in [1.54, 1.807) is 0 Å². The van der Waals surface area contributed by atoms with Crippen LogP contribution in [0.25, 0.3) is 0 Å². The van der Waals surface area contributed by atoms with Gasteiger partial charge in [-0.05, 0) is 42.5 Å². The molecule has 1 aliphatic heterocycles. The molecule has 0 aliphatic carbocycles. The van der Waals surface area contributed by atoms with E-state index >= 15 is 0 Å². The second-order valence-electron chi connectivity index (χ2n) is 6.74. The average Bonchev–Trinajstić information content (AvgIpc) is 2.63. The molecule has 1 saturated heterocycles. The molecule has 0 bridgehead atoms. The number of sulfone groups is 1. The van der Waals surface area contributed by atoms with Crippen LogP contribution in [-0.4, -0.2) is 47.3 Å². The zero-order chi connectivity index (χ0) is 19.0. The summed E-state index contributed by atoms with van der Waals surface area (Å²) in [7, 11) is -3.55. The van der Waals surface area contributed by atoms with Crippen LogP contribution < -0.4 is 10.5 Å². The summed E-state index contributed by atoms with van der Waals surface area (Å²) in [6.07, 6.45) is 2.13.